The molecule has 1 N–H and O–H groups in total. The average molecular weight is 234 g/mol. The standard InChI is InChI=1S/C15H22O2/c1-15(2,10-16)14-6-4-5-11-7-8-12(17-3)9-13(11)14/h7-9,14,16H,4-6,10H2,1-3H3. The van der Waals surface area contributed by atoms with Gasteiger partial charge in [-0.1, -0.05) is 19.9 Å². The van der Waals surface area contributed by atoms with E-state index in [4.69, 9.17) is 4.74 Å². The van der Waals surface area contributed by atoms with Crippen molar-refractivity contribution in [2.75, 3.05) is 13.7 Å². The summed E-state index contributed by atoms with van der Waals surface area (Å²) in [6.07, 6.45) is 3.53. The Kier molecular flexibility index (Phi) is 3.43. The van der Waals surface area contributed by atoms with Crippen LogP contribution in [0.25, 0.3) is 0 Å². The summed E-state index contributed by atoms with van der Waals surface area (Å²) in [6, 6.07) is 6.36. The Bertz CT molecular complexity index is 396. The fraction of sp³-hybridized carbons (Fsp3) is 0.600. The van der Waals surface area contributed by atoms with E-state index in [1.807, 2.05) is 6.07 Å². The maximum atomic E-state index is 9.57. The number of hydrogen-bond donors (Lipinski definition) is 1. The van der Waals surface area contributed by atoms with Crippen LogP contribution >= 0.6 is 0 Å². The van der Waals surface area contributed by atoms with Crippen molar-refractivity contribution in [1.82, 2.24) is 0 Å². The zero-order valence-corrected chi connectivity index (χ0v) is 11.0. The monoisotopic (exact) mass is 234 g/mol. The topological polar surface area (TPSA) is 29.5 Å². The first-order valence-electron chi connectivity index (χ1n) is 6.36. The van der Waals surface area contributed by atoms with Crippen molar-refractivity contribution < 1.29 is 9.84 Å². The lowest BCUT2D eigenvalue weighted by Gasteiger charge is -2.37. The Labute approximate surface area is 104 Å². The number of aliphatic hydroxyl groups is 1. The predicted octanol–water partition coefficient (Wildman–Crippen LogP) is 3.13. The molecule has 1 aliphatic carbocycles. The summed E-state index contributed by atoms with van der Waals surface area (Å²) in [5.41, 5.74) is 2.74. The van der Waals surface area contributed by atoms with Crippen molar-refractivity contribution in [3.05, 3.63) is 29.3 Å². The zero-order valence-electron chi connectivity index (χ0n) is 11.0. The number of ether oxygens (including phenoxy) is 1. The Balaban J connectivity index is 2.42. The first-order valence-corrected chi connectivity index (χ1v) is 6.36. The van der Waals surface area contributed by atoms with Crippen molar-refractivity contribution in [3.63, 3.8) is 0 Å². The molecule has 0 saturated carbocycles. The maximum Gasteiger partial charge on any atom is 0.119 e. The normalized spacial score (nSPS) is 19.9. The van der Waals surface area contributed by atoms with Gasteiger partial charge in [0.05, 0.1) is 7.11 Å². The second-order valence-corrected chi connectivity index (χ2v) is 5.66. The molecular weight excluding hydrogens is 212 g/mol. The molecule has 1 aromatic rings. The third kappa shape index (κ3) is 2.32. The SMILES string of the molecule is COc1ccc2c(c1)C(C(C)(C)CO)CCC2. The second kappa shape index (κ2) is 4.69. The molecular formula is C15H22O2. The van der Waals surface area contributed by atoms with Gasteiger partial charge in [0.2, 0.25) is 0 Å². The molecule has 0 aromatic heterocycles. The second-order valence-electron chi connectivity index (χ2n) is 5.66. The number of rotatable bonds is 3. The lowest BCUT2D eigenvalue weighted by atomic mass is 9.68. The van der Waals surface area contributed by atoms with Gasteiger partial charge in [0.1, 0.15) is 5.75 Å². The van der Waals surface area contributed by atoms with Crippen LogP contribution in [0.15, 0.2) is 18.2 Å². The molecule has 1 unspecified atom stereocenters. The third-order valence-electron chi connectivity index (χ3n) is 4.02. The highest BCUT2D eigenvalue weighted by Crippen LogP contribution is 2.44. The number of hydrogen-bond acceptors (Lipinski definition) is 2. The van der Waals surface area contributed by atoms with Gasteiger partial charge in [0.15, 0.2) is 0 Å². The first-order chi connectivity index (χ1) is 8.08. The van der Waals surface area contributed by atoms with E-state index >= 15 is 0 Å². The van der Waals surface area contributed by atoms with Gasteiger partial charge in [0.25, 0.3) is 0 Å². The highest BCUT2D eigenvalue weighted by atomic mass is 16.5. The van der Waals surface area contributed by atoms with Crippen LogP contribution in [0, 0.1) is 5.41 Å². The highest BCUT2D eigenvalue weighted by molar-refractivity contribution is 5.40. The summed E-state index contributed by atoms with van der Waals surface area (Å²) in [7, 11) is 1.71. The van der Waals surface area contributed by atoms with Crippen LogP contribution in [0.4, 0.5) is 0 Å². The van der Waals surface area contributed by atoms with E-state index in [0.717, 1.165) is 18.6 Å². The van der Waals surface area contributed by atoms with E-state index in [1.54, 1.807) is 7.11 Å². The van der Waals surface area contributed by atoms with Crippen molar-refractivity contribution in [2.24, 2.45) is 5.41 Å². The van der Waals surface area contributed by atoms with Crippen LogP contribution in [-0.4, -0.2) is 18.8 Å². The number of methoxy groups -OCH3 is 1. The van der Waals surface area contributed by atoms with Crippen LogP contribution in [0.2, 0.25) is 0 Å². The molecule has 1 aromatic carbocycles. The molecule has 2 nitrogen and oxygen atoms in total. The van der Waals surface area contributed by atoms with Gasteiger partial charge in [-0.3, -0.25) is 0 Å². The van der Waals surface area contributed by atoms with Gasteiger partial charge in [0, 0.05) is 6.61 Å². The van der Waals surface area contributed by atoms with Crippen LogP contribution < -0.4 is 4.74 Å². The van der Waals surface area contributed by atoms with E-state index in [2.05, 4.69) is 26.0 Å². The van der Waals surface area contributed by atoms with E-state index in [-0.39, 0.29) is 12.0 Å². The fourth-order valence-electron chi connectivity index (χ4n) is 2.83. The van der Waals surface area contributed by atoms with Crippen LogP contribution in [-0.2, 0) is 6.42 Å². The molecule has 0 bridgehead atoms. The zero-order chi connectivity index (χ0) is 12.5. The summed E-state index contributed by atoms with van der Waals surface area (Å²) in [5.74, 6) is 1.36. The molecule has 1 aliphatic rings. The van der Waals surface area contributed by atoms with Crippen LogP contribution in [0.3, 0.4) is 0 Å². The van der Waals surface area contributed by atoms with Gasteiger partial charge < -0.3 is 9.84 Å². The predicted molar refractivity (Wildman–Crippen MR) is 69.5 cm³/mol. The molecule has 0 saturated heterocycles. The molecule has 0 heterocycles. The average Bonchev–Trinajstić information content (AvgIpc) is 2.37. The largest absolute Gasteiger partial charge is 0.497 e. The fourth-order valence-corrected chi connectivity index (χ4v) is 2.83. The van der Waals surface area contributed by atoms with Gasteiger partial charge in [-0.2, -0.15) is 0 Å². The smallest absolute Gasteiger partial charge is 0.119 e. The minimum absolute atomic E-state index is 0.0540. The quantitative estimate of drug-likeness (QED) is 0.870. The number of benzene rings is 1. The first kappa shape index (κ1) is 12.4. The lowest BCUT2D eigenvalue weighted by molar-refractivity contribution is 0.122. The third-order valence-corrected chi connectivity index (χ3v) is 4.02. The molecule has 17 heavy (non-hydrogen) atoms. The molecule has 0 radical (unpaired) electrons. The van der Waals surface area contributed by atoms with Gasteiger partial charge >= 0.3 is 0 Å². The highest BCUT2D eigenvalue weighted by Gasteiger charge is 2.33. The summed E-state index contributed by atoms with van der Waals surface area (Å²) < 4.78 is 5.31. The Morgan fingerprint density at radius 3 is 2.82 bits per heavy atom. The number of aliphatic hydroxyl groups excluding tert-OH is 1. The van der Waals surface area contributed by atoms with Gasteiger partial charge in [-0.15, -0.1) is 0 Å². The van der Waals surface area contributed by atoms with E-state index < -0.39 is 0 Å². The minimum Gasteiger partial charge on any atom is -0.497 e. The van der Waals surface area contributed by atoms with E-state index in [1.165, 1.54) is 17.5 Å². The molecule has 94 valence electrons. The maximum absolute atomic E-state index is 9.57. The van der Waals surface area contributed by atoms with Crippen molar-refractivity contribution in [3.8, 4) is 5.75 Å². The molecule has 2 heteroatoms. The molecule has 2 rings (SSSR count). The number of aryl methyl sites for hydroxylation is 1. The van der Waals surface area contributed by atoms with Gasteiger partial charge in [-0.25, -0.2) is 0 Å². The summed E-state index contributed by atoms with van der Waals surface area (Å²) in [4.78, 5) is 0. The van der Waals surface area contributed by atoms with Crippen molar-refractivity contribution >= 4 is 0 Å². The molecule has 0 fully saturated rings. The molecule has 1 atom stereocenters. The summed E-state index contributed by atoms with van der Waals surface area (Å²) in [5, 5.41) is 9.57. The van der Waals surface area contributed by atoms with Crippen LogP contribution in [0.5, 0.6) is 5.75 Å². The lowest BCUT2D eigenvalue weighted by Crippen LogP contribution is -2.29. The molecule has 0 aliphatic heterocycles. The van der Waals surface area contributed by atoms with E-state index in [0.29, 0.717) is 5.92 Å². The molecule has 0 spiro atoms. The van der Waals surface area contributed by atoms with E-state index in [9.17, 15) is 5.11 Å². The Hall–Kier alpha value is -1.02. The van der Waals surface area contributed by atoms with Crippen LogP contribution in [0.1, 0.15) is 43.7 Å². The summed E-state index contributed by atoms with van der Waals surface area (Å²) in [6.45, 7) is 4.52. The summed E-state index contributed by atoms with van der Waals surface area (Å²) >= 11 is 0. The minimum atomic E-state index is -0.0540. The Morgan fingerprint density at radius 2 is 2.18 bits per heavy atom. The Morgan fingerprint density at radius 1 is 1.41 bits per heavy atom. The van der Waals surface area contributed by atoms with Gasteiger partial charge in [-0.05, 0) is 53.9 Å². The number of fused-ring (bicyclic) bond motifs is 1. The van der Waals surface area contributed by atoms with Crippen molar-refractivity contribution in [2.45, 2.75) is 39.0 Å². The van der Waals surface area contributed by atoms with Crippen molar-refractivity contribution in [1.29, 1.82) is 0 Å². The molecule has 0 amide bonds.